The lowest BCUT2D eigenvalue weighted by Crippen LogP contribution is -2.17. The van der Waals surface area contributed by atoms with Crippen LogP contribution in [0.1, 0.15) is 48.8 Å². The topological polar surface area (TPSA) is 16.4 Å². The highest BCUT2D eigenvalue weighted by Crippen LogP contribution is 2.28. The van der Waals surface area contributed by atoms with Crippen molar-refractivity contribution < 1.29 is 4.42 Å². The van der Waals surface area contributed by atoms with Gasteiger partial charge in [0, 0.05) is 24.0 Å². The number of benzene rings is 2. The molecule has 0 bridgehead atoms. The molecule has 0 unspecified atom stereocenters. The van der Waals surface area contributed by atoms with Crippen molar-refractivity contribution in [3.63, 3.8) is 0 Å². The smallest absolute Gasteiger partial charge is 0.139 e. The van der Waals surface area contributed by atoms with E-state index in [0.29, 0.717) is 0 Å². The molecule has 0 radical (unpaired) electrons. The van der Waals surface area contributed by atoms with Gasteiger partial charge in [0.1, 0.15) is 11.3 Å². The molecule has 0 saturated heterocycles. The summed E-state index contributed by atoms with van der Waals surface area (Å²) in [5, 5.41) is 1.23. The largest absolute Gasteiger partial charge is 0.461 e. The molecule has 0 aliphatic rings. The summed E-state index contributed by atoms with van der Waals surface area (Å²) < 4.78 is 6.01. The summed E-state index contributed by atoms with van der Waals surface area (Å²) in [6, 6.07) is 15.5. The molecule has 3 aromatic rings. The number of aryl methyl sites for hydroxylation is 2. The van der Waals surface area contributed by atoms with Crippen molar-refractivity contribution in [2.24, 2.45) is 0 Å². The SMILES string of the molecule is Cc1oc2c(CN(C)Cc3ccc(C(C)(C)C)cc3)cccc2c1C. The highest BCUT2D eigenvalue weighted by atomic mass is 16.3. The monoisotopic (exact) mass is 335 g/mol. The van der Waals surface area contributed by atoms with Crippen LogP contribution in [0.2, 0.25) is 0 Å². The Morgan fingerprint density at radius 2 is 1.60 bits per heavy atom. The lowest BCUT2D eigenvalue weighted by atomic mass is 9.87. The van der Waals surface area contributed by atoms with E-state index >= 15 is 0 Å². The molecule has 1 aromatic heterocycles. The standard InChI is InChI=1S/C23H29NO/c1-16-17(2)25-22-19(8-7-9-21(16)22)15-24(6)14-18-10-12-20(13-11-18)23(3,4)5/h7-13H,14-15H2,1-6H3. The molecular formula is C23H29NO. The lowest BCUT2D eigenvalue weighted by Gasteiger charge is -2.21. The minimum absolute atomic E-state index is 0.203. The van der Waals surface area contributed by atoms with E-state index in [1.807, 2.05) is 6.92 Å². The zero-order valence-corrected chi connectivity index (χ0v) is 16.3. The van der Waals surface area contributed by atoms with Gasteiger partial charge in [0.25, 0.3) is 0 Å². The molecule has 0 atom stereocenters. The van der Waals surface area contributed by atoms with Gasteiger partial charge in [-0.2, -0.15) is 0 Å². The van der Waals surface area contributed by atoms with Crippen LogP contribution < -0.4 is 0 Å². The van der Waals surface area contributed by atoms with Crippen LogP contribution in [0.25, 0.3) is 11.0 Å². The molecular weight excluding hydrogens is 306 g/mol. The van der Waals surface area contributed by atoms with Gasteiger partial charge in [0.15, 0.2) is 0 Å². The third-order valence-corrected chi connectivity index (χ3v) is 5.00. The average molecular weight is 335 g/mol. The van der Waals surface area contributed by atoms with E-state index in [4.69, 9.17) is 4.42 Å². The summed E-state index contributed by atoms with van der Waals surface area (Å²) in [5.41, 5.74) is 6.46. The second-order valence-corrected chi connectivity index (χ2v) is 8.20. The number of furan rings is 1. The highest BCUT2D eigenvalue weighted by molar-refractivity contribution is 5.84. The van der Waals surface area contributed by atoms with Gasteiger partial charge in [-0.1, -0.05) is 63.2 Å². The third kappa shape index (κ3) is 3.80. The van der Waals surface area contributed by atoms with E-state index in [1.165, 1.54) is 27.6 Å². The van der Waals surface area contributed by atoms with Crippen molar-refractivity contribution >= 4 is 11.0 Å². The first-order valence-corrected chi connectivity index (χ1v) is 9.01. The molecule has 132 valence electrons. The van der Waals surface area contributed by atoms with Crippen LogP contribution in [0.15, 0.2) is 46.9 Å². The summed E-state index contributed by atoms with van der Waals surface area (Å²) in [6.07, 6.45) is 0. The fourth-order valence-corrected chi connectivity index (χ4v) is 3.31. The molecule has 0 spiro atoms. The zero-order valence-electron chi connectivity index (χ0n) is 16.3. The van der Waals surface area contributed by atoms with Gasteiger partial charge in [-0.3, -0.25) is 4.90 Å². The molecule has 2 nitrogen and oxygen atoms in total. The van der Waals surface area contributed by atoms with E-state index in [9.17, 15) is 0 Å². The quantitative estimate of drug-likeness (QED) is 0.583. The Bertz CT molecular complexity index is 865. The molecule has 0 N–H and O–H groups in total. The summed E-state index contributed by atoms with van der Waals surface area (Å²) >= 11 is 0. The first-order valence-electron chi connectivity index (χ1n) is 9.01. The molecule has 25 heavy (non-hydrogen) atoms. The number of nitrogens with zero attached hydrogens (tertiary/aromatic N) is 1. The van der Waals surface area contributed by atoms with Crippen LogP contribution in [0.4, 0.5) is 0 Å². The summed E-state index contributed by atoms with van der Waals surface area (Å²) in [4.78, 5) is 2.34. The van der Waals surface area contributed by atoms with Crippen LogP contribution in [0.3, 0.4) is 0 Å². The molecule has 0 amide bonds. The minimum atomic E-state index is 0.203. The average Bonchev–Trinajstić information content (AvgIpc) is 2.83. The van der Waals surface area contributed by atoms with Gasteiger partial charge in [0.2, 0.25) is 0 Å². The minimum Gasteiger partial charge on any atom is -0.461 e. The number of hydrogen-bond acceptors (Lipinski definition) is 2. The Labute approximate surface area is 151 Å². The predicted molar refractivity (Wildman–Crippen MR) is 106 cm³/mol. The lowest BCUT2D eigenvalue weighted by molar-refractivity contribution is 0.318. The van der Waals surface area contributed by atoms with Crippen molar-refractivity contribution in [2.45, 2.75) is 53.1 Å². The maximum Gasteiger partial charge on any atom is 0.139 e. The van der Waals surface area contributed by atoms with Gasteiger partial charge in [0.05, 0.1) is 0 Å². The van der Waals surface area contributed by atoms with Crippen LogP contribution in [-0.4, -0.2) is 11.9 Å². The molecule has 3 rings (SSSR count). The first kappa shape index (κ1) is 17.8. The van der Waals surface area contributed by atoms with Crippen LogP contribution in [0, 0.1) is 13.8 Å². The van der Waals surface area contributed by atoms with Crippen molar-refractivity contribution in [1.29, 1.82) is 0 Å². The van der Waals surface area contributed by atoms with Crippen molar-refractivity contribution in [2.75, 3.05) is 7.05 Å². The third-order valence-electron chi connectivity index (χ3n) is 5.00. The fraction of sp³-hybridized carbons (Fsp3) is 0.391. The Kier molecular flexibility index (Phi) is 4.75. The van der Waals surface area contributed by atoms with Crippen molar-refractivity contribution in [3.8, 4) is 0 Å². The van der Waals surface area contributed by atoms with E-state index < -0.39 is 0 Å². The van der Waals surface area contributed by atoms with Gasteiger partial charge in [-0.25, -0.2) is 0 Å². The normalized spacial score (nSPS) is 12.3. The summed E-state index contributed by atoms with van der Waals surface area (Å²) in [6.45, 7) is 12.7. The number of fused-ring (bicyclic) bond motifs is 1. The van der Waals surface area contributed by atoms with Gasteiger partial charge < -0.3 is 4.42 Å². The molecule has 0 fully saturated rings. The number of rotatable bonds is 4. The van der Waals surface area contributed by atoms with E-state index in [2.05, 4.69) is 82.1 Å². The van der Waals surface area contributed by atoms with Crippen molar-refractivity contribution in [1.82, 2.24) is 4.90 Å². The van der Waals surface area contributed by atoms with Gasteiger partial charge >= 0.3 is 0 Å². The first-order chi connectivity index (χ1) is 11.8. The molecule has 2 heteroatoms. The summed E-state index contributed by atoms with van der Waals surface area (Å²) in [5.74, 6) is 1.02. The van der Waals surface area contributed by atoms with Crippen LogP contribution >= 0.6 is 0 Å². The second kappa shape index (κ2) is 6.68. The van der Waals surface area contributed by atoms with E-state index in [1.54, 1.807) is 0 Å². The predicted octanol–water partition coefficient (Wildman–Crippen LogP) is 5.98. The Balaban J connectivity index is 1.75. The second-order valence-electron chi connectivity index (χ2n) is 8.20. The maximum absolute atomic E-state index is 6.01. The molecule has 0 aliphatic heterocycles. The maximum atomic E-state index is 6.01. The van der Waals surface area contributed by atoms with Crippen molar-refractivity contribution in [3.05, 3.63) is 70.5 Å². The fourth-order valence-electron chi connectivity index (χ4n) is 3.31. The van der Waals surface area contributed by atoms with Crippen LogP contribution in [0.5, 0.6) is 0 Å². The highest BCUT2D eigenvalue weighted by Gasteiger charge is 2.14. The van der Waals surface area contributed by atoms with Gasteiger partial charge in [-0.05, 0) is 43.0 Å². The molecule has 0 saturated carbocycles. The molecule has 1 heterocycles. The zero-order chi connectivity index (χ0) is 18.2. The van der Waals surface area contributed by atoms with E-state index in [0.717, 1.165) is 24.4 Å². The number of hydrogen-bond donors (Lipinski definition) is 0. The van der Waals surface area contributed by atoms with Crippen LogP contribution in [-0.2, 0) is 18.5 Å². The van der Waals surface area contributed by atoms with Gasteiger partial charge in [-0.15, -0.1) is 0 Å². The number of para-hydroxylation sites is 1. The Hall–Kier alpha value is -2.06. The van der Waals surface area contributed by atoms with E-state index in [-0.39, 0.29) is 5.41 Å². The molecule has 0 aliphatic carbocycles. The Morgan fingerprint density at radius 3 is 2.24 bits per heavy atom. The summed E-state index contributed by atoms with van der Waals surface area (Å²) in [7, 11) is 2.17. The Morgan fingerprint density at radius 1 is 0.920 bits per heavy atom. The molecule has 2 aromatic carbocycles.